The number of hydrogen-bond acceptors (Lipinski definition) is 3. The van der Waals surface area contributed by atoms with Crippen LogP contribution >= 0.6 is 23.4 Å². The maximum absolute atomic E-state index is 8.93. The molecule has 0 radical (unpaired) electrons. The minimum atomic E-state index is 0.0704. The summed E-state index contributed by atoms with van der Waals surface area (Å²) in [5.41, 5.74) is 0.908. The van der Waals surface area contributed by atoms with Crippen molar-refractivity contribution in [3.8, 4) is 0 Å². The number of halogens is 1. The van der Waals surface area contributed by atoms with Gasteiger partial charge in [0.2, 0.25) is 0 Å². The van der Waals surface area contributed by atoms with E-state index in [2.05, 4.69) is 4.98 Å². The number of aromatic nitrogens is 1. The van der Waals surface area contributed by atoms with Crippen LogP contribution in [0.5, 0.6) is 0 Å². The first-order valence-electron chi connectivity index (χ1n) is 4.77. The third-order valence-corrected chi connectivity index (χ3v) is 3.57. The topological polar surface area (TPSA) is 33.1 Å². The Morgan fingerprint density at radius 1 is 1.19 bits per heavy atom. The molecule has 4 heteroatoms. The van der Waals surface area contributed by atoms with E-state index in [0.29, 0.717) is 5.02 Å². The van der Waals surface area contributed by atoms with Gasteiger partial charge in [0.05, 0.1) is 11.6 Å². The van der Waals surface area contributed by atoms with Crippen LogP contribution < -0.4 is 0 Å². The van der Waals surface area contributed by atoms with Gasteiger partial charge in [0.1, 0.15) is 0 Å². The molecule has 1 aromatic heterocycles. The zero-order valence-electron chi connectivity index (χ0n) is 8.43. The van der Waals surface area contributed by atoms with Crippen LogP contribution in [0.15, 0.2) is 52.5 Å². The number of nitrogens with zero attached hydrogens (tertiary/aromatic N) is 1. The molecule has 1 aromatic carbocycles. The number of rotatable bonds is 3. The van der Waals surface area contributed by atoms with Gasteiger partial charge in [-0.3, -0.25) is 4.98 Å². The average molecular weight is 252 g/mol. The standard InChI is InChI=1S/C12H10ClNOS/c13-11-7-14-6-5-12(11)16-10-3-1-9(8-15)2-4-10/h1-7,15H,8H2. The highest BCUT2D eigenvalue weighted by molar-refractivity contribution is 7.99. The molecule has 2 nitrogen and oxygen atoms in total. The van der Waals surface area contributed by atoms with Crippen LogP contribution in [0.25, 0.3) is 0 Å². The molecule has 0 aliphatic heterocycles. The zero-order chi connectivity index (χ0) is 11.4. The van der Waals surface area contributed by atoms with Crippen LogP contribution in [0.2, 0.25) is 5.02 Å². The lowest BCUT2D eigenvalue weighted by molar-refractivity contribution is 0.282. The Balaban J connectivity index is 2.18. The molecule has 2 aromatic rings. The number of hydrogen-bond donors (Lipinski definition) is 1. The van der Waals surface area contributed by atoms with Crippen molar-refractivity contribution in [1.29, 1.82) is 0 Å². The van der Waals surface area contributed by atoms with Gasteiger partial charge in [0.15, 0.2) is 0 Å². The molecule has 0 aliphatic carbocycles. The third kappa shape index (κ3) is 2.76. The highest BCUT2D eigenvalue weighted by Crippen LogP contribution is 2.32. The van der Waals surface area contributed by atoms with Gasteiger partial charge in [0.25, 0.3) is 0 Å². The number of benzene rings is 1. The fourth-order valence-corrected chi connectivity index (χ4v) is 2.28. The Labute approximate surface area is 103 Å². The van der Waals surface area contributed by atoms with Crippen LogP contribution in [0.4, 0.5) is 0 Å². The van der Waals surface area contributed by atoms with E-state index >= 15 is 0 Å². The zero-order valence-corrected chi connectivity index (χ0v) is 10.0. The lowest BCUT2D eigenvalue weighted by Crippen LogP contribution is -1.82. The third-order valence-electron chi connectivity index (χ3n) is 2.07. The summed E-state index contributed by atoms with van der Waals surface area (Å²) in [4.78, 5) is 6.00. The van der Waals surface area contributed by atoms with Crippen molar-refractivity contribution in [2.24, 2.45) is 0 Å². The minimum absolute atomic E-state index is 0.0704. The van der Waals surface area contributed by atoms with Crippen LogP contribution in [-0.2, 0) is 6.61 Å². The first-order valence-corrected chi connectivity index (χ1v) is 5.96. The van der Waals surface area contributed by atoms with E-state index in [1.165, 1.54) is 0 Å². The van der Waals surface area contributed by atoms with Crippen molar-refractivity contribution in [1.82, 2.24) is 4.98 Å². The van der Waals surface area contributed by atoms with E-state index < -0.39 is 0 Å². The van der Waals surface area contributed by atoms with Crippen LogP contribution in [0.1, 0.15) is 5.56 Å². The molecule has 1 N–H and O–H groups in total. The van der Waals surface area contributed by atoms with Gasteiger partial charge in [-0.25, -0.2) is 0 Å². The Morgan fingerprint density at radius 2 is 1.94 bits per heavy atom. The monoisotopic (exact) mass is 251 g/mol. The Kier molecular flexibility index (Phi) is 3.83. The van der Waals surface area contributed by atoms with Gasteiger partial charge >= 0.3 is 0 Å². The van der Waals surface area contributed by atoms with Crippen LogP contribution in [-0.4, -0.2) is 10.1 Å². The second kappa shape index (κ2) is 5.34. The Morgan fingerprint density at radius 3 is 2.56 bits per heavy atom. The van der Waals surface area contributed by atoms with Crippen molar-refractivity contribution in [3.63, 3.8) is 0 Å². The van der Waals surface area contributed by atoms with Gasteiger partial charge in [-0.05, 0) is 23.8 Å². The predicted molar refractivity (Wildman–Crippen MR) is 65.7 cm³/mol. The molecule has 0 saturated carbocycles. The quantitative estimate of drug-likeness (QED) is 0.908. The Bertz CT molecular complexity index is 473. The predicted octanol–water partition coefficient (Wildman–Crippen LogP) is 3.38. The molecular weight excluding hydrogens is 242 g/mol. The SMILES string of the molecule is OCc1ccc(Sc2ccncc2Cl)cc1. The van der Waals surface area contributed by atoms with Crippen LogP contribution in [0, 0.1) is 0 Å². The molecule has 0 amide bonds. The number of aliphatic hydroxyl groups is 1. The largest absolute Gasteiger partial charge is 0.392 e. The molecule has 82 valence electrons. The van der Waals surface area contributed by atoms with Crippen molar-refractivity contribution >= 4 is 23.4 Å². The molecule has 16 heavy (non-hydrogen) atoms. The summed E-state index contributed by atoms with van der Waals surface area (Å²) < 4.78 is 0. The molecule has 0 saturated heterocycles. The summed E-state index contributed by atoms with van der Waals surface area (Å²) in [5, 5.41) is 9.58. The lowest BCUT2D eigenvalue weighted by atomic mass is 10.2. The lowest BCUT2D eigenvalue weighted by Gasteiger charge is -2.03. The smallest absolute Gasteiger partial charge is 0.0728 e. The molecule has 1 heterocycles. The van der Waals surface area contributed by atoms with Crippen molar-refractivity contribution in [3.05, 3.63) is 53.3 Å². The number of aliphatic hydroxyl groups excluding tert-OH is 1. The van der Waals surface area contributed by atoms with E-state index in [4.69, 9.17) is 16.7 Å². The van der Waals surface area contributed by atoms with Gasteiger partial charge in [-0.2, -0.15) is 0 Å². The van der Waals surface area contributed by atoms with Gasteiger partial charge in [-0.1, -0.05) is 35.5 Å². The van der Waals surface area contributed by atoms with E-state index in [1.807, 2.05) is 30.3 Å². The Hall–Kier alpha value is -1.03. The fourth-order valence-electron chi connectivity index (χ4n) is 1.24. The van der Waals surface area contributed by atoms with E-state index in [-0.39, 0.29) is 6.61 Å². The molecule has 0 aliphatic rings. The molecule has 2 rings (SSSR count). The molecule has 0 unspecified atom stereocenters. The van der Waals surface area contributed by atoms with Crippen molar-refractivity contribution in [2.45, 2.75) is 16.4 Å². The van der Waals surface area contributed by atoms with E-state index in [0.717, 1.165) is 15.4 Å². The summed E-state index contributed by atoms with van der Waals surface area (Å²) in [5.74, 6) is 0. The summed E-state index contributed by atoms with van der Waals surface area (Å²) in [6.07, 6.45) is 3.35. The summed E-state index contributed by atoms with van der Waals surface area (Å²) >= 11 is 7.59. The van der Waals surface area contributed by atoms with Gasteiger partial charge < -0.3 is 5.11 Å². The maximum atomic E-state index is 8.93. The molecular formula is C12H10ClNOS. The first-order chi connectivity index (χ1) is 7.79. The summed E-state index contributed by atoms with van der Waals surface area (Å²) in [6, 6.07) is 9.61. The highest BCUT2D eigenvalue weighted by atomic mass is 35.5. The summed E-state index contributed by atoms with van der Waals surface area (Å²) in [6.45, 7) is 0.0704. The molecule has 0 fully saturated rings. The normalized spacial score (nSPS) is 10.4. The molecule has 0 spiro atoms. The fraction of sp³-hybridized carbons (Fsp3) is 0.0833. The molecule has 0 atom stereocenters. The van der Waals surface area contributed by atoms with Gasteiger partial charge in [-0.15, -0.1) is 0 Å². The van der Waals surface area contributed by atoms with E-state index in [9.17, 15) is 0 Å². The number of pyridine rings is 1. The molecule has 0 bridgehead atoms. The van der Waals surface area contributed by atoms with Crippen LogP contribution in [0.3, 0.4) is 0 Å². The second-order valence-electron chi connectivity index (χ2n) is 3.21. The van der Waals surface area contributed by atoms with Crippen molar-refractivity contribution in [2.75, 3.05) is 0 Å². The van der Waals surface area contributed by atoms with E-state index in [1.54, 1.807) is 24.2 Å². The van der Waals surface area contributed by atoms with Crippen molar-refractivity contribution < 1.29 is 5.11 Å². The van der Waals surface area contributed by atoms with Gasteiger partial charge in [0, 0.05) is 22.2 Å². The first kappa shape index (κ1) is 11.5. The maximum Gasteiger partial charge on any atom is 0.0728 e. The average Bonchev–Trinajstić information content (AvgIpc) is 2.33. The second-order valence-corrected chi connectivity index (χ2v) is 4.73. The highest BCUT2D eigenvalue weighted by Gasteiger charge is 2.02. The minimum Gasteiger partial charge on any atom is -0.392 e. The summed E-state index contributed by atoms with van der Waals surface area (Å²) in [7, 11) is 0.